The first-order valence-electron chi connectivity index (χ1n) is 5.29. The fourth-order valence-electron chi connectivity index (χ4n) is 1.46. The van der Waals surface area contributed by atoms with Gasteiger partial charge in [0.1, 0.15) is 6.33 Å². The van der Waals surface area contributed by atoms with E-state index in [2.05, 4.69) is 30.7 Å². The molecule has 2 nitrogen and oxygen atoms in total. The van der Waals surface area contributed by atoms with Gasteiger partial charge in [0.2, 0.25) is 0 Å². The predicted molar refractivity (Wildman–Crippen MR) is 70.2 cm³/mol. The number of alkyl halides is 1. The minimum absolute atomic E-state index is 0.0905. The highest BCUT2D eigenvalue weighted by Crippen LogP contribution is 2.30. The van der Waals surface area contributed by atoms with Crippen LogP contribution >= 0.6 is 22.9 Å². The Morgan fingerprint density at radius 2 is 2.12 bits per heavy atom. The second-order valence-electron chi connectivity index (χ2n) is 4.99. The van der Waals surface area contributed by atoms with Crippen LogP contribution in [0.25, 0.3) is 10.2 Å². The molecule has 2 rings (SSSR count). The Balaban J connectivity index is 2.31. The van der Waals surface area contributed by atoms with E-state index in [-0.39, 0.29) is 10.8 Å². The number of hydrogen-bond acceptors (Lipinski definition) is 3. The molecule has 0 aliphatic carbocycles. The van der Waals surface area contributed by atoms with Crippen LogP contribution in [0.1, 0.15) is 26.5 Å². The largest absolute Gasteiger partial charge is 0.240 e. The van der Waals surface area contributed by atoms with Crippen LogP contribution < -0.4 is 0 Å². The average Bonchev–Trinajstić information content (AvgIpc) is 2.65. The Hall–Kier alpha value is -0.670. The molecule has 16 heavy (non-hydrogen) atoms. The Morgan fingerprint density at radius 3 is 2.81 bits per heavy atom. The Morgan fingerprint density at radius 1 is 1.38 bits per heavy atom. The van der Waals surface area contributed by atoms with E-state index in [0.717, 1.165) is 22.3 Å². The van der Waals surface area contributed by atoms with E-state index in [4.69, 9.17) is 11.6 Å². The molecule has 0 bridgehead atoms. The number of fused-ring (bicyclic) bond motifs is 1. The number of thiophene rings is 1. The monoisotopic (exact) mass is 254 g/mol. The molecule has 2 heterocycles. The first kappa shape index (κ1) is 11.8. The summed E-state index contributed by atoms with van der Waals surface area (Å²) in [7, 11) is 0. The standard InChI is InChI=1S/C12H15ClN2S/c1-12(2,3)10(13)6-9-11-8(4-5-16-11)14-7-15-9/h4-5,7,10H,6H2,1-3H3. The maximum Gasteiger partial charge on any atom is 0.116 e. The highest BCUT2D eigenvalue weighted by Gasteiger charge is 2.23. The predicted octanol–water partition coefficient (Wildman–Crippen LogP) is 3.89. The molecule has 0 aliphatic heterocycles. The molecule has 0 fully saturated rings. The molecular weight excluding hydrogens is 240 g/mol. The van der Waals surface area contributed by atoms with Crippen molar-refractivity contribution in [2.24, 2.45) is 5.41 Å². The molecule has 0 amide bonds. The third-order valence-electron chi connectivity index (χ3n) is 2.63. The lowest BCUT2D eigenvalue weighted by Gasteiger charge is -2.24. The molecule has 0 saturated carbocycles. The van der Waals surface area contributed by atoms with Gasteiger partial charge in [0.15, 0.2) is 0 Å². The Kier molecular flexibility index (Phi) is 3.17. The van der Waals surface area contributed by atoms with Crippen LogP contribution in [0.3, 0.4) is 0 Å². The lowest BCUT2D eigenvalue weighted by Crippen LogP contribution is -2.23. The molecule has 0 radical (unpaired) electrons. The molecule has 4 heteroatoms. The van der Waals surface area contributed by atoms with Crippen LogP contribution in [0.5, 0.6) is 0 Å². The van der Waals surface area contributed by atoms with Crippen molar-refractivity contribution in [1.82, 2.24) is 9.97 Å². The fraction of sp³-hybridized carbons (Fsp3) is 0.500. The molecule has 0 aliphatic rings. The zero-order valence-corrected chi connectivity index (χ0v) is 11.3. The summed E-state index contributed by atoms with van der Waals surface area (Å²) in [6, 6.07) is 2.02. The van der Waals surface area contributed by atoms with E-state index < -0.39 is 0 Å². The molecule has 2 aromatic heterocycles. The van der Waals surface area contributed by atoms with Gasteiger partial charge in [-0.05, 0) is 16.9 Å². The summed E-state index contributed by atoms with van der Waals surface area (Å²) in [4.78, 5) is 8.58. The summed E-state index contributed by atoms with van der Waals surface area (Å²) >= 11 is 8.09. The second kappa shape index (κ2) is 4.30. The van der Waals surface area contributed by atoms with Gasteiger partial charge in [-0.25, -0.2) is 9.97 Å². The third kappa shape index (κ3) is 2.36. The fourth-order valence-corrected chi connectivity index (χ4v) is 2.45. The molecule has 1 unspecified atom stereocenters. The maximum absolute atomic E-state index is 6.40. The number of halogens is 1. The van der Waals surface area contributed by atoms with Crippen molar-refractivity contribution in [3.63, 3.8) is 0 Å². The first-order valence-corrected chi connectivity index (χ1v) is 6.61. The molecule has 1 atom stereocenters. The Labute approximate surface area is 105 Å². The van der Waals surface area contributed by atoms with E-state index in [1.54, 1.807) is 17.7 Å². The highest BCUT2D eigenvalue weighted by molar-refractivity contribution is 7.17. The lowest BCUT2D eigenvalue weighted by molar-refractivity contribution is 0.385. The molecule has 0 aromatic carbocycles. The van der Waals surface area contributed by atoms with Crippen molar-refractivity contribution >= 4 is 33.2 Å². The van der Waals surface area contributed by atoms with Gasteiger partial charge in [0.05, 0.1) is 15.9 Å². The van der Waals surface area contributed by atoms with Gasteiger partial charge in [-0.2, -0.15) is 0 Å². The zero-order valence-electron chi connectivity index (χ0n) is 9.70. The van der Waals surface area contributed by atoms with Crippen LogP contribution in [0, 0.1) is 5.41 Å². The van der Waals surface area contributed by atoms with Crippen molar-refractivity contribution in [3.8, 4) is 0 Å². The summed E-state index contributed by atoms with van der Waals surface area (Å²) in [6.07, 6.45) is 2.42. The summed E-state index contributed by atoms with van der Waals surface area (Å²) in [5.41, 5.74) is 2.18. The van der Waals surface area contributed by atoms with Crippen LogP contribution in [-0.4, -0.2) is 15.3 Å². The summed E-state index contributed by atoms with van der Waals surface area (Å²) in [5, 5.41) is 2.14. The first-order chi connectivity index (χ1) is 7.48. The summed E-state index contributed by atoms with van der Waals surface area (Å²) in [5.74, 6) is 0. The van der Waals surface area contributed by atoms with Crippen LogP contribution in [0.15, 0.2) is 17.8 Å². The average molecular weight is 255 g/mol. The van der Waals surface area contributed by atoms with Crippen molar-refractivity contribution in [2.45, 2.75) is 32.6 Å². The van der Waals surface area contributed by atoms with E-state index in [1.807, 2.05) is 11.4 Å². The lowest BCUT2D eigenvalue weighted by atomic mass is 9.89. The van der Waals surface area contributed by atoms with E-state index in [9.17, 15) is 0 Å². The van der Waals surface area contributed by atoms with Crippen LogP contribution in [0.2, 0.25) is 0 Å². The smallest absolute Gasteiger partial charge is 0.116 e. The number of rotatable bonds is 2. The molecule has 0 N–H and O–H groups in total. The van der Waals surface area contributed by atoms with Gasteiger partial charge in [0.25, 0.3) is 0 Å². The van der Waals surface area contributed by atoms with Crippen LogP contribution in [0.4, 0.5) is 0 Å². The highest BCUT2D eigenvalue weighted by atomic mass is 35.5. The maximum atomic E-state index is 6.40. The molecule has 2 aromatic rings. The van der Waals surface area contributed by atoms with Crippen molar-refractivity contribution in [1.29, 1.82) is 0 Å². The van der Waals surface area contributed by atoms with Gasteiger partial charge >= 0.3 is 0 Å². The molecule has 0 saturated heterocycles. The van der Waals surface area contributed by atoms with Gasteiger partial charge in [-0.1, -0.05) is 20.8 Å². The molecule has 86 valence electrons. The van der Waals surface area contributed by atoms with Crippen molar-refractivity contribution in [3.05, 3.63) is 23.5 Å². The van der Waals surface area contributed by atoms with Gasteiger partial charge < -0.3 is 0 Å². The molecule has 0 spiro atoms. The molecular formula is C12H15ClN2S. The van der Waals surface area contributed by atoms with E-state index >= 15 is 0 Å². The minimum atomic E-state index is 0.0905. The second-order valence-corrected chi connectivity index (χ2v) is 6.44. The quantitative estimate of drug-likeness (QED) is 0.760. The van der Waals surface area contributed by atoms with Gasteiger partial charge in [-0.3, -0.25) is 0 Å². The SMILES string of the molecule is CC(C)(C)C(Cl)Cc1ncnc2ccsc12. The Bertz CT molecular complexity index is 487. The summed E-state index contributed by atoms with van der Waals surface area (Å²) < 4.78 is 1.16. The number of aromatic nitrogens is 2. The zero-order chi connectivity index (χ0) is 11.8. The minimum Gasteiger partial charge on any atom is -0.240 e. The topological polar surface area (TPSA) is 25.8 Å². The third-order valence-corrected chi connectivity index (χ3v) is 4.39. The number of nitrogens with zero attached hydrogens (tertiary/aromatic N) is 2. The van der Waals surface area contributed by atoms with Crippen LogP contribution in [-0.2, 0) is 6.42 Å². The van der Waals surface area contributed by atoms with E-state index in [1.165, 1.54) is 0 Å². The number of hydrogen-bond donors (Lipinski definition) is 0. The van der Waals surface area contributed by atoms with Gasteiger partial charge in [-0.15, -0.1) is 22.9 Å². The van der Waals surface area contributed by atoms with E-state index in [0.29, 0.717) is 0 Å². The van der Waals surface area contributed by atoms with Crippen molar-refractivity contribution in [2.75, 3.05) is 0 Å². The van der Waals surface area contributed by atoms with Gasteiger partial charge in [0, 0.05) is 11.8 Å². The summed E-state index contributed by atoms with van der Waals surface area (Å²) in [6.45, 7) is 6.45. The van der Waals surface area contributed by atoms with Crippen molar-refractivity contribution < 1.29 is 0 Å². The normalized spacial score (nSPS) is 14.2.